The minimum absolute atomic E-state index is 0.227. The van der Waals surface area contributed by atoms with E-state index in [9.17, 15) is 0 Å². The van der Waals surface area contributed by atoms with Gasteiger partial charge in [0.2, 0.25) is 0 Å². The number of rotatable bonds is 6. The Labute approximate surface area is 128 Å². The van der Waals surface area contributed by atoms with Crippen molar-refractivity contribution in [2.24, 2.45) is 11.1 Å². The first-order valence-electron chi connectivity index (χ1n) is 7.88. The molecule has 1 aromatic heterocycles. The molecular formula is C17H30N2S. The maximum absolute atomic E-state index is 6.38. The third-order valence-corrected chi connectivity index (χ3v) is 5.19. The van der Waals surface area contributed by atoms with Crippen molar-refractivity contribution in [3.8, 4) is 0 Å². The van der Waals surface area contributed by atoms with E-state index in [0.717, 1.165) is 6.42 Å². The van der Waals surface area contributed by atoms with E-state index in [1.807, 2.05) is 11.8 Å². The van der Waals surface area contributed by atoms with E-state index in [-0.39, 0.29) is 6.04 Å². The van der Waals surface area contributed by atoms with Gasteiger partial charge in [0, 0.05) is 24.0 Å². The summed E-state index contributed by atoms with van der Waals surface area (Å²) in [6.07, 6.45) is 8.44. The summed E-state index contributed by atoms with van der Waals surface area (Å²) >= 11 is 1.95. The normalized spacial score (nSPS) is 20.9. The molecule has 0 amide bonds. The highest BCUT2D eigenvalue weighted by molar-refractivity contribution is 7.98. The Morgan fingerprint density at radius 2 is 2.10 bits per heavy atom. The Morgan fingerprint density at radius 3 is 2.80 bits per heavy atom. The van der Waals surface area contributed by atoms with E-state index >= 15 is 0 Å². The molecule has 0 radical (unpaired) electrons. The van der Waals surface area contributed by atoms with Crippen molar-refractivity contribution >= 4 is 11.8 Å². The summed E-state index contributed by atoms with van der Waals surface area (Å²) in [4.78, 5) is 0. The average molecular weight is 295 g/mol. The maximum atomic E-state index is 6.38. The Balaban J connectivity index is 2.07. The van der Waals surface area contributed by atoms with Crippen LogP contribution < -0.4 is 5.73 Å². The molecule has 20 heavy (non-hydrogen) atoms. The lowest BCUT2D eigenvalue weighted by Gasteiger charge is -2.34. The highest BCUT2D eigenvalue weighted by Gasteiger charge is 2.32. The van der Waals surface area contributed by atoms with Gasteiger partial charge >= 0.3 is 0 Å². The van der Waals surface area contributed by atoms with E-state index in [1.54, 1.807) is 0 Å². The van der Waals surface area contributed by atoms with Crippen LogP contribution in [0.15, 0.2) is 6.07 Å². The molecule has 0 fully saturated rings. The number of aromatic nitrogens is 1. The SMILES string of the molecule is CSCCCCCn1c(C)cc2c1CC(C)(C)CC2N. The number of fused-ring (bicyclic) bond motifs is 1. The topological polar surface area (TPSA) is 30.9 Å². The Hall–Kier alpha value is -0.410. The van der Waals surface area contributed by atoms with Crippen LogP contribution in [0.3, 0.4) is 0 Å². The quantitative estimate of drug-likeness (QED) is 0.793. The molecule has 0 saturated heterocycles. The number of nitrogens with two attached hydrogens (primary N) is 1. The number of thioether (sulfide) groups is 1. The van der Waals surface area contributed by atoms with Crippen molar-refractivity contribution < 1.29 is 0 Å². The first-order chi connectivity index (χ1) is 9.44. The Bertz CT molecular complexity index is 448. The van der Waals surface area contributed by atoms with Gasteiger partial charge in [-0.2, -0.15) is 11.8 Å². The summed E-state index contributed by atoms with van der Waals surface area (Å²) in [5.74, 6) is 1.29. The minimum Gasteiger partial charge on any atom is -0.349 e. The number of hydrogen-bond donors (Lipinski definition) is 1. The molecule has 0 bridgehead atoms. The van der Waals surface area contributed by atoms with Crippen LogP contribution in [0.25, 0.3) is 0 Å². The first kappa shape index (κ1) is 16.0. The largest absolute Gasteiger partial charge is 0.349 e. The summed E-state index contributed by atoms with van der Waals surface area (Å²) in [6.45, 7) is 8.10. The molecule has 2 rings (SSSR count). The summed E-state index contributed by atoms with van der Waals surface area (Å²) < 4.78 is 2.54. The van der Waals surface area contributed by atoms with Crippen molar-refractivity contribution in [3.63, 3.8) is 0 Å². The molecule has 1 aliphatic carbocycles. The third kappa shape index (κ3) is 3.62. The van der Waals surface area contributed by atoms with E-state index in [4.69, 9.17) is 5.73 Å². The molecule has 1 unspecified atom stereocenters. The first-order valence-corrected chi connectivity index (χ1v) is 9.27. The molecule has 0 aliphatic heterocycles. The second kappa shape index (κ2) is 6.57. The lowest BCUT2D eigenvalue weighted by Crippen LogP contribution is -2.30. The van der Waals surface area contributed by atoms with Crippen LogP contribution >= 0.6 is 11.8 Å². The summed E-state index contributed by atoms with van der Waals surface area (Å²) in [6, 6.07) is 2.56. The van der Waals surface area contributed by atoms with Gasteiger partial charge in [-0.3, -0.25) is 0 Å². The van der Waals surface area contributed by atoms with E-state index in [0.29, 0.717) is 5.41 Å². The lowest BCUT2D eigenvalue weighted by atomic mass is 9.74. The van der Waals surface area contributed by atoms with E-state index in [1.165, 1.54) is 54.9 Å². The van der Waals surface area contributed by atoms with Gasteiger partial charge in [-0.25, -0.2) is 0 Å². The van der Waals surface area contributed by atoms with Crippen LogP contribution in [0.2, 0.25) is 0 Å². The number of aryl methyl sites for hydroxylation is 1. The van der Waals surface area contributed by atoms with Gasteiger partial charge in [0.15, 0.2) is 0 Å². The molecular weight excluding hydrogens is 264 g/mol. The number of hydrogen-bond acceptors (Lipinski definition) is 2. The zero-order valence-corrected chi connectivity index (χ0v) is 14.4. The number of nitrogens with zero attached hydrogens (tertiary/aromatic N) is 1. The molecule has 1 atom stereocenters. The van der Waals surface area contributed by atoms with Gasteiger partial charge in [-0.05, 0) is 61.7 Å². The van der Waals surface area contributed by atoms with Gasteiger partial charge in [-0.1, -0.05) is 20.3 Å². The molecule has 1 heterocycles. The molecule has 114 valence electrons. The van der Waals surface area contributed by atoms with Gasteiger partial charge in [0.1, 0.15) is 0 Å². The zero-order valence-electron chi connectivity index (χ0n) is 13.5. The lowest BCUT2D eigenvalue weighted by molar-refractivity contribution is 0.274. The van der Waals surface area contributed by atoms with Gasteiger partial charge < -0.3 is 10.3 Å². The van der Waals surface area contributed by atoms with Crippen molar-refractivity contribution in [1.82, 2.24) is 4.57 Å². The molecule has 2 N–H and O–H groups in total. The fraction of sp³-hybridized carbons (Fsp3) is 0.765. The predicted octanol–water partition coefficient (Wildman–Crippen LogP) is 4.30. The summed E-state index contributed by atoms with van der Waals surface area (Å²) in [7, 11) is 0. The fourth-order valence-corrected chi connectivity index (χ4v) is 4.00. The molecule has 0 saturated carbocycles. The molecule has 3 heteroatoms. The highest BCUT2D eigenvalue weighted by Crippen LogP contribution is 2.40. The van der Waals surface area contributed by atoms with E-state index in [2.05, 4.69) is 37.7 Å². The standard InChI is InChI=1S/C17H30N2S/c1-13-10-14-15(18)11-17(2,3)12-16(14)19(13)8-6-5-7-9-20-4/h10,15H,5-9,11-12,18H2,1-4H3. The fourth-order valence-electron chi connectivity index (χ4n) is 3.51. The van der Waals surface area contributed by atoms with Crippen molar-refractivity contribution in [2.75, 3.05) is 12.0 Å². The van der Waals surface area contributed by atoms with Gasteiger partial charge in [0.25, 0.3) is 0 Å². The summed E-state index contributed by atoms with van der Waals surface area (Å²) in [5, 5.41) is 0. The highest BCUT2D eigenvalue weighted by atomic mass is 32.2. The second-order valence-corrected chi connectivity index (χ2v) is 8.03. The van der Waals surface area contributed by atoms with Crippen LogP contribution in [0.1, 0.15) is 62.5 Å². The minimum atomic E-state index is 0.227. The van der Waals surface area contributed by atoms with Crippen LogP contribution in [0.4, 0.5) is 0 Å². The number of unbranched alkanes of at least 4 members (excludes halogenated alkanes) is 2. The van der Waals surface area contributed by atoms with Crippen LogP contribution in [0, 0.1) is 12.3 Å². The molecule has 1 aromatic rings. The maximum Gasteiger partial charge on any atom is 0.0318 e. The zero-order chi connectivity index (χ0) is 14.8. The predicted molar refractivity (Wildman–Crippen MR) is 90.4 cm³/mol. The van der Waals surface area contributed by atoms with E-state index < -0.39 is 0 Å². The van der Waals surface area contributed by atoms with Gasteiger partial charge in [-0.15, -0.1) is 0 Å². The summed E-state index contributed by atoms with van der Waals surface area (Å²) in [5.41, 5.74) is 11.0. The monoisotopic (exact) mass is 294 g/mol. The van der Waals surface area contributed by atoms with Crippen LogP contribution in [-0.2, 0) is 13.0 Å². The Morgan fingerprint density at radius 1 is 1.35 bits per heavy atom. The third-order valence-electron chi connectivity index (χ3n) is 4.50. The molecule has 1 aliphatic rings. The van der Waals surface area contributed by atoms with Crippen LogP contribution in [-0.4, -0.2) is 16.6 Å². The Kier molecular flexibility index (Phi) is 5.25. The molecule has 2 nitrogen and oxygen atoms in total. The van der Waals surface area contributed by atoms with Gasteiger partial charge in [0.05, 0.1) is 0 Å². The van der Waals surface area contributed by atoms with Crippen LogP contribution in [0.5, 0.6) is 0 Å². The second-order valence-electron chi connectivity index (χ2n) is 7.04. The molecule has 0 aromatic carbocycles. The smallest absolute Gasteiger partial charge is 0.0318 e. The van der Waals surface area contributed by atoms with Crippen molar-refractivity contribution in [2.45, 2.75) is 65.5 Å². The van der Waals surface area contributed by atoms with Crippen molar-refractivity contribution in [3.05, 3.63) is 23.0 Å². The average Bonchev–Trinajstić information content (AvgIpc) is 2.65. The van der Waals surface area contributed by atoms with Crippen molar-refractivity contribution in [1.29, 1.82) is 0 Å². The molecule has 0 spiro atoms.